The highest BCUT2D eigenvalue weighted by Gasteiger charge is 2.26. The van der Waals surface area contributed by atoms with Crippen LogP contribution in [0.15, 0.2) is 47.6 Å². The number of amides is 1. The molecule has 0 radical (unpaired) electrons. The zero-order valence-corrected chi connectivity index (χ0v) is 17.7. The number of hydrogen-bond donors (Lipinski definition) is 1. The Kier molecular flexibility index (Phi) is 5.88. The molecule has 0 bridgehead atoms. The Morgan fingerprint density at radius 2 is 1.77 bits per heavy atom. The number of para-hydroxylation sites is 1. The number of nitrogens with one attached hydrogen (secondary N) is 1. The molecule has 2 aromatic carbocycles. The largest absolute Gasteiger partial charge is 0.493 e. The maximum absolute atomic E-state index is 12.8. The maximum atomic E-state index is 12.8. The zero-order chi connectivity index (χ0) is 21.8. The van der Waals surface area contributed by atoms with Gasteiger partial charge in [-0.05, 0) is 43.5 Å². The van der Waals surface area contributed by atoms with Gasteiger partial charge >= 0.3 is 0 Å². The van der Waals surface area contributed by atoms with Crippen LogP contribution in [0.25, 0.3) is 5.69 Å². The summed E-state index contributed by atoms with van der Waals surface area (Å²) in [6.07, 6.45) is 4.27. The lowest BCUT2D eigenvalue weighted by Gasteiger charge is -2.12. The number of benzene rings is 2. The monoisotopic (exact) mass is 420 g/mol. The van der Waals surface area contributed by atoms with Gasteiger partial charge in [-0.25, -0.2) is 10.1 Å². The van der Waals surface area contributed by atoms with Gasteiger partial charge in [-0.3, -0.25) is 4.79 Å². The molecule has 31 heavy (non-hydrogen) atoms. The van der Waals surface area contributed by atoms with Gasteiger partial charge in [0.25, 0.3) is 5.91 Å². The van der Waals surface area contributed by atoms with Gasteiger partial charge in [0.15, 0.2) is 17.2 Å². The van der Waals surface area contributed by atoms with E-state index in [0.29, 0.717) is 28.5 Å². The van der Waals surface area contributed by atoms with Crippen molar-refractivity contribution in [3.8, 4) is 22.9 Å². The van der Waals surface area contributed by atoms with Gasteiger partial charge in [0.2, 0.25) is 5.75 Å². The van der Waals surface area contributed by atoms with E-state index in [1.54, 1.807) is 33.5 Å². The Labute approximate surface area is 180 Å². The van der Waals surface area contributed by atoms with Crippen LogP contribution >= 0.6 is 0 Å². The third-order valence-electron chi connectivity index (χ3n) is 5.21. The quantitative estimate of drug-likeness (QED) is 0.469. The molecule has 1 amide bonds. The van der Waals surface area contributed by atoms with Crippen molar-refractivity contribution in [1.82, 2.24) is 15.2 Å². The Morgan fingerprint density at radius 3 is 2.42 bits per heavy atom. The third kappa shape index (κ3) is 3.96. The van der Waals surface area contributed by atoms with Crippen molar-refractivity contribution in [2.75, 3.05) is 21.3 Å². The number of carbonyl (C=O) groups excluding carboxylic acids is 1. The molecule has 8 heteroatoms. The number of rotatable bonds is 7. The first kappa shape index (κ1) is 20.5. The highest BCUT2D eigenvalue weighted by atomic mass is 16.5. The van der Waals surface area contributed by atoms with E-state index in [9.17, 15) is 4.79 Å². The molecule has 0 aliphatic heterocycles. The van der Waals surface area contributed by atoms with Gasteiger partial charge in [-0.15, -0.1) is 0 Å². The molecule has 0 atom stereocenters. The Bertz CT molecular complexity index is 1100. The molecule has 0 fully saturated rings. The lowest BCUT2D eigenvalue weighted by Crippen LogP contribution is -2.20. The summed E-state index contributed by atoms with van der Waals surface area (Å²) in [6.45, 7) is 0. The summed E-state index contributed by atoms with van der Waals surface area (Å²) in [7, 11) is 4.63. The van der Waals surface area contributed by atoms with Crippen molar-refractivity contribution in [3.63, 3.8) is 0 Å². The Balaban J connectivity index is 1.56. The van der Waals surface area contributed by atoms with E-state index < -0.39 is 0 Å². The first-order valence-corrected chi connectivity index (χ1v) is 9.96. The number of aromatic nitrogens is 2. The fourth-order valence-electron chi connectivity index (χ4n) is 3.80. The molecule has 0 saturated carbocycles. The van der Waals surface area contributed by atoms with Gasteiger partial charge < -0.3 is 14.2 Å². The molecule has 0 saturated heterocycles. The van der Waals surface area contributed by atoms with Crippen LogP contribution in [0.2, 0.25) is 0 Å². The smallest absolute Gasteiger partial charge is 0.292 e. The van der Waals surface area contributed by atoms with Crippen molar-refractivity contribution < 1.29 is 19.0 Å². The van der Waals surface area contributed by atoms with E-state index >= 15 is 0 Å². The van der Waals surface area contributed by atoms with Crippen molar-refractivity contribution in [2.24, 2.45) is 5.10 Å². The van der Waals surface area contributed by atoms with Crippen molar-refractivity contribution in [1.29, 1.82) is 0 Å². The average Bonchev–Trinajstić information content (AvgIpc) is 3.41. The second-order valence-electron chi connectivity index (χ2n) is 7.03. The number of fused-ring (bicyclic) bond motifs is 1. The molecule has 3 aromatic rings. The van der Waals surface area contributed by atoms with Crippen molar-refractivity contribution in [3.05, 3.63) is 65.0 Å². The summed E-state index contributed by atoms with van der Waals surface area (Å²) in [4.78, 5) is 12.8. The normalized spacial score (nSPS) is 12.6. The van der Waals surface area contributed by atoms with Gasteiger partial charge in [0, 0.05) is 16.8 Å². The highest BCUT2D eigenvalue weighted by molar-refractivity contribution is 5.95. The lowest BCUT2D eigenvalue weighted by molar-refractivity contribution is 0.0949. The van der Waals surface area contributed by atoms with E-state index in [1.165, 1.54) is 6.21 Å². The van der Waals surface area contributed by atoms with Crippen LogP contribution in [0.3, 0.4) is 0 Å². The summed E-state index contributed by atoms with van der Waals surface area (Å²) in [6, 6.07) is 13.3. The average molecular weight is 420 g/mol. The first-order valence-electron chi connectivity index (χ1n) is 9.96. The summed E-state index contributed by atoms with van der Waals surface area (Å²) >= 11 is 0. The number of carbonyl (C=O) groups is 1. The highest BCUT2D eigenvalue weighted by Crippen LogP contribution is 2.37. The van der Waals surface area contributed by atoms with Crippen molar-refractivity contribution >= 4 is 12.1 Å². The van der Waals surface area contributed by atoms with Gasteiger partial charge in [0.1, 0.15) is 0 Å². The summed E-state index contributed by atoms with van der Waals surface area (Å²) < 4.78 is 17.9. The molecule has 8 nitrogen and oxygen atoms in total. The van der Waals surface area contributed by atoms with E-state index in [1.807, 2.05) is 35.0 Å². The molecular weight excluding hydrogens is 396 g/mol. The van der Waals surface area contributed by atoms with Crippen LogP contribution in [-0.4, -0.2) is 43.2 Å². The molecule has 4 rings (SSSR count). The molecular formula is C23H24N4O4. The number of methoxy groups -OCH3 is 3. The molecule has 160 valence electrons. The minimum atomic E-state index is -0.337. The van der Waals surface area contributed by atoms with Crippen LogP contribution < -0.4 is 19.6 Å². The maximum Gasteiger partial charge on any atom is 0.292 e. The van der Waals surface area contributed by atoms with Gasteiger partial charge in [-0.2, -0.15) is 10.2 Å². The molecule has 1 N–H and O–H groups in total. The molecule has 1 aromatic heterocycles. The molecule has 0 unspecified atom stereocenters. The number of ether oxygens (including phenoxy) is 3. The van der Waals surface area contributed by atoms with Crippen LogP contribution in [-0.2, 0) is 12.8 Å². The predicted octanol–water partition coefficient (Wildman–Crippen LogP) is 3.15. The summed E-state index contributed by atoms with van der Waals surface area (Å²) in [5, 5.41) is 8.69. The molecule has 1 aliphatic rings. The van der Waals surface area contributed by atoms with Gasteiger partial charge in [0.05, 0.1) is 33.2 Å². The van der Waals surface area contributed by atoms with E-state index in [4.69, 9.17) is 14.2 Å². The first-order chi connectivity index (χ1) is 15.2. The minimum Gasteiger partial charge on any atom is -0.493 e. The number of hydrogen-bond acceptors (Lipinski definition) is 6. The van der Waals surface area contributed by atoms with Crippen LogP contribution in [0.1, 0.15) is 33.7 Å². The summed E-state index contributed by atoms with van der Waals surface area (Å²) in [5.74, 6) is 1.17. The second kappa shape index (κ2) is 8.91. The van der Waals surface area contributed by atoms with Gasteiger partial charge in [-0.1, -0.05) is 18.2 Å². The van der Waals surface area contributed by atoms with E-state index in [0.717, 1.165) is 36.2 Å². The summed E-state index contributed by atoms with van der Waals surface area (Å²) in [5.41, 5.74) is 6.72. The molecule has 1 aliphatic carbocycles. The predicted molar refractivity (Wildman–Crippen MR) is 117 cm³/mol. The number of nitrogens with zero attached hydrogens (tertiary/aromatic N) is 3. The molecule has 1 heterocycles. The fourth-order valence-corrected chi connectivity index (χ4v) is 3.80. The van der Waals surface area contributed by atoms with E-state index in [2.05, 4.69) is 15.6 Å². The second-order valence-corrected chi connectivity index (χ2v) is 7.03. The standard InChI is InChI=1S/C23H24N4O4/c1-29-19-12-15(13-20(30-2)22(19)31-3)14-24-25-23(28)21-17-10-7-11-18(17)27(26-21)16-8-5-4-6-9-16/h4-6,8-9,12-14H,7,10-11H2,1-3H3,(H,25,28)/b24-14+. The Morgan fingerprint density at radius 1 is 1.06 bits per heavy atom. The Hall–Kier alpha value is -3.81. The van der Waals surface area contributed by atoms with Crippen LogP contribution in [0.5, 0.6) is 17.2 Å². The fraction of sp³-hybridized carbons (Fsp3) is 0.261. The SMILES string of the molecule is COc1cc(/C=N/NC(=O)c2nn(-c3ccccc3)c3c2CCC3)cc(OC)c1OC. The minimum absolute atomic E-state index is 0.337. The van der Waals surface area contributed by atoms with Crippen LogP contribution in [0, 0.1) is 0 Å². The lowest BCUT2D eigenvalue weighted by atomic mass is 10.2. The van der Waals surface area contributed by atoms with Crippen molar-refractivity contribution in [2.45, 2.75) is 19.3 Å². The number of hydrazone groups is 1. The molecule has 0 spiro atoms. The topological polar surface area (TPSA) is 87.0 Å². The van der Waals surface area contributed by atoms with E-state index in [-0.39, 0.29) is 5.91 Å². The zero-order valence-electron chi connectivity index (χ0n) is 17.7. The third-order valence-corrected chi connectivity index (χ3v) is 5.21. The van der Waals surface area contributed by atoms with Crippen LogP contribution in [0.4, 0.5) is 0 Å².